The summed E-state index contributed by atoms with van der Waals surface area (Å²) in [5.74, 6) is -1.30. The van der Waals surface area contributed by atoms with E-state index in [1.165, 1.54) is 12.1 Å². The number of carbonyl (C=O) groups excluding carboxylic acids is 2. The fraction of sp³-hybridized carbons (Fsp3) is 0.348. The second-order valence-corrected chi connectivity index (χ2v) is 9.34. The predicted molar refractivity (Wildman–Crippen MR) is 120 cm³/mol. The molecule has 1 aliphatic rings. The van der Waals surface area contributed by atoms with Gasteiger partial charge in [-0.1, -0.05) is 0 Å². The second kappa shape index (κ2) is 8.67. The zero-order valence-electron chi connectivity index (χ0n) is 17.9. The highest BCUT2D eigenvalue weighted by Crippen LogP contribution is 2.31. The summed E-state index contributed by atoms with van der Waals surface area (Å²) in [6, 6.07) is 7.05. The van der Waals surface area contributed by atoms with Crippen molar-refractivity contribution in [2.24, 2.45) is 7.05 Å². The summed E-state index contributed by atoms with van der Waals surface area (Å²) >= 11 is 3.40. The Morgan fingerprint density at radius 1 is 1.23 bits per heavy atom. The summed E-state index contributed by atoms with van der Waals surface area (Å²) in [5, 5.41) is 15.0. The summed E-state index contributed by atoms with van der Waals surface area (Å²) in [5.41, 5.74) is 2.18. The number of anilines is 1. The number of ketones is 1. The van der Waals surface area contributed by atoms with Crippen LogP contribution in [0.25, 0.3) is 0 Å². The molecule has 1 heterocycles. The Balaban J connectivity index is 1.91. The molecule has 0 saturated heterocycles. The molecule has 6 nitrogen and oxygen atoms in total. The van der Waals surface area contributed by atoms with E-state index < -0.39 is 11.7 Å². The Morgan fingerprint density at radius 2 is 1.90 bits per heavy atom. The zero-order chi connectivity index (χ0) is 22.9. The Hall–Kier alpha value is -2.92. The van der Waals surface area contributed by atoms with Gasteiger partial charge in [0.1, 0.15) is 11.9 Å². The lowest BCUT2D eigenvalue weighted by molar-refractivity contribution is 0.100. The van der Waals surface area contributed by atoms with Crippen molar-refractivity contribution in [2.75, 3.05) is 5.32 Å². The molecule has 0 bridgehead atoms. The molecule has 1 aromatic carbocycles. The van der Waals surface area contributed by atoms with Gasteiger partial charge < -0.3 is 15.2 Å². The van der Waals surface area contributed by atoms with Crippen LogP contribution in [-0.4, -0.2) is 21.8 Å². The molecule has 1 saturated carbocycles. The topological polar surface area (TPSA) is 86.9 Å². The molecule has 0 unspecified atom stereocenters. The number of hydrogen-bond acceptors (Lipinski definition) is 4. The molecule has 8 heteroatoms. The van der Waals surface area contributed by atoms with Crippen molar-refractivity contribution in [3.63, 3.8) is 0 Å². The van der Waals surface area contributed by atoms with E-state index in [1.54, 1.807) is 23.8 Å². The average Bonchev–Trinajstić information content (AvgIpc) is 2.95. The number of allylic oxidation sites excluding steroid dienone is 2. The van der Waals surface area contributed by atoms with Gasteiger partial charge in [-0.3, -0.25) is 9.59 Å². The number of benzene rings is 1. The van der Waals surface area contributed by atoms with Gasteiger partial charge in [0, 0.05) is 18.3 Å². The highest BCUT2D eigenvalue weighted by molar-refractivity contribution is 9.10. The minimum Gasteiger partial charge on any atom is -0.377 e. The van der Waals surface area contributed by atoms with Crippen LogP contribution < -0.4 is 10.6 Å². The van der Waals surface area contributed by atoms with Crippen LogP contribution in [-0.2, 0) is 7.05 Å². The first-order valence-electron chi connectivity index (χ1n) is 9.93. The number of rotatable bonds is 5. The summed E-state index contributed by atoms with van der Waals surface area (Å²) in [6.45, 7) is 5.99. The van der Waals surface area contributed by atoms with Crippen molar-refractivity contribution in [1.82, 2.24) is 9.88 Å². The molecule has 31 heavy (non-hydrogen) atoms. The number of halogens is 2. The number of hydrogen-bond donors (Lipinski definition) is 2. The van der Waals surface area contributed by atoms with Crippen molar-refractivity contribution < 1.29 is 14.0 Å². The van der Waals surface area contributed by atoms with Crippen molar-refractivity contribution in [1.29, 1.82) is 5.26 Å². The van der Waals surface area contributed by atoms with E-state index in [1.807, 2.05) is 20.8 Å². The van der Waals surface area contributed by atoms with Gasteiger partial charge in [0.2, 0.25) is 5.78 Å². The largest absolute Gasteiger partial charge is 0.377 e. The zero-order valence-corrected chi connectivity index (χ0v) is 19.5. The van der Waals surface area contributed by atoms with E-state index in [4.69, 9.17) is 5.26 Å². The maximum Gasteiger partial charge on any atom is 0.258 e. The van der Waals surface area contributed by atoms with Gasteiger partial charge in [0.25, 0.3) is 5.91 Å². The number of aromatic nitrogens is 1. The van der Waals surface area contributed by atoms with Crippen LogP contribution in [0, 0.1) is 17.1 Å². The third kappa shape index (κ3) is 4.88. The van der Waals surface area contributed by atoms with Gasteiger partial charge >= 0.3 is 0 Å². The number of nitrogens with zero attached hydrogens (tertiary/aromatic N) is 2. The van der Waals surface area contributed by atoms with Crippen LogP contribution in [0.2, 0.25) is 0 Å². The molecular weight excluding hydrogens is 463 g/mol. The number of amides is 1. The third-order valence-electron chi connectivity index (χ3n) is 5.02. The van der Waals surface area contributed by atoms with Gasteiger partial charge in [0.05, 0.1) is 27.1 Å². The SMILES string of the molecule is Cn1c(C(=O)C(NC(C)(C)C)=C2CCC2)cc(C(=O)Nc2ccc(F)c(C#N)c2)c1Br. The standard InChI is InChI=1S/C23H24BrFN4O2/c1-23(2,3)28-19(13-6-5-7-13)20(30)18-11-16(21(24)29(18)4)22(31)27-15-8-9-17(25)14(10-15)12-26/h8-11,28H,5-7H2,1-4H3,(H,27,31). The highest BCUT2D eigenvalue weighted by atomic mass is 79.9. The molecule has 0 atom stereocenters. The summed E-state index contributed by atoms with van der Waals surface area (Å²) in [4.78, 5) is 26.2. The van der Waals surface area contributed by atoms with Crippen molar-refractivity contribution in [2.45, 2.75) is 45.6 Å². The molecule has 2 aromatic rings. The molecule has 1 aliphatic carbocycles. The van der Waals surface area contributed by atoms with Crippen LogP contribution in [0.15, 0.2) is 40.1 Å². The smallest absolute Gasteiger partial charge is 0.258 e. The van der Waals surface area contributed by atoms with E-state index in [2.05, 4.69) is 26.6 Å². The Labute approximate surface area is 189 Å². The van der Waals surface area contributed by atoms with Crippen LogP contribution in [0.4, 0.5) is 10.1 Å². The number of nitriles is 1. The molecular formula is C23H24BrFN4O2. The molecule has 1 amide bonds. The number of nitrogens with one attached hydrogen (secondary N) is 2. The molecule has 162 valence electrons. The van der Waals surface area contributed by atoms with Crippen LogP contribution >= 0.6 is 15.9 Å². The molecule has 0 radical (unpaired) electrons. The lowest BCUT2D eigenvalue weighted by Gasteiger charge is -2.29. The van der Waals surface area contributed by atoms with Gasteiger partial charge in [-0.15, -0.1) is 0 Å². The number of Topliss-reactive ketones (excluding diaryl/α,β-unsaturated/α-hetero) is 1. The minimum atomic E-state index is -0.655. The Bertz CT molecular complexity index is 1130. The van der Waals surface area contributed by atoms with E-state index in [9.17, 15) is 14.0 Å². The van der Waals surface area contributed by atoms with E-state index in [0.717, 1.165) is 30.9 Å². The first-order valence-corrected chi connectivity index (χ1v) is 10.7. The highest BCUT2D eigenvalue weighted by Gasteiger charge is 2.28. The molecule has 1 fully saturated rings. The maximum atomic E-state index is 13.5. The van der Waals surface area contributed by atoms with E-state index >= 15 is 0 Å². The van der Waals surface area contributed by atoms with Gasteiger partial charge in [-0.25, -0.2) is 4.39 Å². The molecule has 0 aliphatic heterocycles. The average molecular weight is 487 g/mol. The monoisotopic (exact) mass is 486 g/mol. The predicted octanol–water partition coefficient (Wildman–Crippen LogP) is 5.06. The second-order valence-electron chi connectivity index (χ2n) is 8.59. The van der Waals surface area contributed by atoms with Crippen molar-refractivity contribution in [3.8, 4) is 6.07 Å². The maximum absolute atomic E-state index is 13.5. The van der Waals surface area contributed by atoms with E-state index in [-0.39, 0.29) is 22.4 Å². The summed E-state index contributed by atoms with van der Waals surface area (Å²) in [7, 11) is 1.71. The quantitative estimate of drug-likeness (QED) is 0.456. The lowest BCUT2D eigenvalue weighted by Crippen LogP contribution is -2.39. The third-order valence-corrected chi connectivity index (χ3v) is 5.98. The van der Waals surface area contributed by atoms with E-state index in [0.29, 0.717) is 21.7 Å². The lowest BCUT2D eigenvalue weighted by atomic mass is 9.88. The van der Waals surface area contributed by atoms with Crippen LogP contribution in [0.3, 0.4) is 0 Å². The fourth-order valence-corrected chi connectivity index (χ4v) is 3.74. The minimum absolute atomic E-state index is 0.161. The van der Waals surface area contributed by atoms with Crippen molar-refractivity contribution >= 4 is 33.3 Å². The van der Waals surface area contributed by atoms with Crippen LogP contribution in [0.5, 0.6) is 0 Å². The van der Waals surface area contributed by atoms with Gasteiger partial charge in [0.15, 0.2) is 0 Å². The molecule has 2 N–H and O–H groups in total. The Kier molecular flexibility index (Phi) is 6.37. The fourth-order valence-electron chi connectivity index (χ4n) is 3.26. The first kappa shape index (κ1) is 22.8. The molecule has 1 aromatic heterocycles. The van der Waals surface area contributed by atoms with Crippen molar-refractivity contribution in [3.05, 3.63) is 62.8 Å². The number of carbonyl (C=O) groups is 2. The summed E-state index contributed by atoms with van der Waals surface area (Å²) < 4.78 is 15.6. The molecule has 0 spiro atoms. The Morgan fingerprint density at radius 3 is 2.45 bits per heavy atom. The van der Waals surface area contributed by atoms with Gasteiger partial charge in [-0.05, 0) is 85.8 Å². The van der Waals surface area contributed by atoms with Gasteiger partial charge in [-0.2, -0.15) is 5.26 Å². The summed E-state index contributed by atoms with van der Waals surface area (Å²) in [6.07, 6.45) is 2.83. The first-order chi connectivity index (χ1) is 14.5. The van der Waals surface area contributed by atoms with Crippen LogP contribution in [0.1, 0.15) is 66.4 Å². The molecule has 3 rings (SSSR count). The normalized spacial score (nSPS) is 13.3.